The van der Waals surface area contributed by atoms with Gasteiger partial charge in [-0.15, -0.1) is 0 Å². The highest BCUT2D eigenvalue weighted by Gasteiger charge is 2.19. The molecule has 0 amide bonds. The molecule has 98 valence electrons. The highest BCUT2D eigenvalue weighted by Crippen LogP contribution is 2.34. The van der Waals surface area contributed by atoms with Crippen LogP contribution < -0.4 is 4.74 Å². The molecule has 0 unspecified atom stereocenters. The Bertz CT molecular complexity index is 545. The second-order valence-electron chi connectivity index (χ2n) is 4.40. The van der Waals surface area contributed by atoms with Crippen LogP contribution in [0.2, 0.25) is 0 Å². The molecule has 0 aromatic heterocycles. The Morgan fingerprint density at radius 2 is 1.74 bits per heavy atom. The van der Waals surface area contributed by atoms with Gasteiger partial charge in [-0.25, -0.2) is 0 Å². The van der Waals surface area contributed by atoms with Gasteiger partial charge in [-0.3, -0.25) is 0 Å². The quantitative estimate of drug-likeness (QED) is 0.842. The summed E-state index contributed by atoms with van der Waals surface area (Å²) in [6.07, 6.45) is -0.265. The number of methoxy groups -OCH3 is 1. The molecule has 0 saturated carbocycles. The zero-order chi connectivity index (χ0) is 13.1. The lowest BCUT2D eigenvalue weighted by molar-refractivity contribution is -0.0442. The van der Waals surface area contributed by atoms with Crippen molar-refractivity contribution < 1.29 is 14.2 Å². The Morgan fingerprint density at radius 1 is 1.00 bits per heavy atom. The maximum Gasteiger partial charge on any atom is 0.184 e. The average Bonchev–Trinajstić information content (AvgIpc) is 3.02. The van der Waals surface area contributed by atoms with E-state index in [2.05, 4.69) is 18.2 Å². The third-order valence-corrected chi connectivity index (χ3v) is 3.20. The number of hydrogen-bond donors (Lipinski definition) is 0. The molecule has 0 atom stereocenters. The van der Waals surface area contributed by atoms with E-state index >= 15 is 0 Å². The van der Waals surface area contributed by atoms with Crippen molar-refractivity contribution in [1.82, 2.24) is 0 Å². The molecule has 0 aliphatic carbocycles. The van der Waals surface area contributed by atoms with Crippen molar-refractivity contribution in [2.45, 2.75) is 6.29 Å². The van der Waals surface area contributed by atoms with E-state index in [1.807, 2.05) is 30.3 Å². The van der Waals surface area contributed by atoms with Gasteiger partial charge in [0.15, 0.2) is 6.29 Å². The molecule has 3 heteroatoms. The topological polar surface area (TPSA) is 27.7 Å². The van der Waals surface area contributed by atoms with E-state index in [4.69, 9.17) is 14.2 Å². The zero-order valence-corrected chi connectivity index (χ0v) is 10.8. The third-order valence-electron chi connectivity index (χ3n) is 3.20. The van der Waals surface area contributed by atoms with E-state index in [1.165, 1.54) is 0 Å². The summed E-state index contributed by atoms with van der Waals surface area (Å²) >= 11 is 0. The highest BCUT2D eigenvalue weighted by atomic mass is 16.7. The van der Waals surface area contributed by atoms with E-state index in [0.29, 0.717) is 13.2 Å². The first-order valence-electron chi connectivity index (χ1n) is 6.35. The normalized spacial score (nSPS) is 15.6. The zero-order valence-electron chi connectivity index (χ0n) is 10.8. The van der Waals surface area contributed by atoms with Crippen molar-refractivity contribution in [3.8, 4) is 16.9 Å². The second kappa shape index (κ2) is 5.43. The fourth-order valence-corrected chi connectivity index (χ4v) is 2.26. The predicted octanol–water partition coefficient (Wildman–Crippen LogP) is 3.41. The van der Waals surface area contributed by atoms with Gasteiger partial charge in [0.25, 0.3) is 0 Å². The molecule has 0 bridgehead atoms. The first kappa shape index (κ1) is 12.2. The molecule has 0 spiro atoms. The van der Waals surface area contributed by atoms with Crippen LogP contribution in [0, 0.1) is 0 Å². The molecular formula is C16H16O3. The number of rotatable bonds is 3. The van der Waals surface area contributed by atoms with E-state index in [-0.39, 0.29) is 6.29 Å². The first-order chi connectivity index (χ1) is 9.38. The lowest BCUT2D eigenvalue weighted by Crippen LogP contribution is -1.99. The summed E-state index contributed by atoms with van der Waals surface area (Å²) in [4.78, 5) is 0. The standard InChI is InChI=1S/C16H16O3/c1-17-15-11-13(16-18-9-10-19-16)7-8-14(15)12-5-3-2-4-6-12/h2-8,11,16H,9-10H2,1H3. The Kier molecular flexibility index (Phi) is 3.49. The fraction of sp³-hybridized carbons (Fsp3) is 0.250. The van der Waals surface area contributed by atoms with Crippen molar-refractivity contribution in [3.05, 3.63) is 54.1 Å². The smallest absolute Gasteiger partial charge is 0.184 e. The molecule has 19 heavy (non-hydrogen) atoms. The van der Waals surface area contributed by atoms with Crippen LogP contribution in [0.4, 0.5) is 0 Å². The summed E-state index contributed by atoms with van der Waals surface area (Å²) in [5, 5.41) is 0. The monoisotopic (exact) mass is 256 g/mol. The number of hydrogen-bond acceptors (Lipinski definition) is 3. The van der Waals surface area contributed by atoms with Gasteiger partial charge in [0.05, 0.1) is 20.3 Å². The van der Waals surface area contributed by atoms with E-state index in [0.717, 1.165) is 22.4 Å². The van der Waals surface area contributed by atoms with Crippen LogP contribution in [0.3, 0.4) is 0 Å². The molecule has 2 aromatic carbocycles. The summed E-state index contributed by atoms with van der Waals surface area (Å²) < 4.78 is 16.5. The van der Waals surface area contributed by atoms with Gasteiger partial charge in [0.1, 0.15) is 5.75 Å². The summed E-state index contributed by atoms with van der Waals surface area (Å²) in [5.74, 6) is 0.836. The molecule has 1 aliphatic heterocycles. The molecule has 1 heterocycles. The van der Waals surface area contributed by atoms with Gasteiger partial charge in [-0.1, -0.05) is 42.5 Å². The lowest BCUT2D eigenvalue weighted by atomic mass is 10.0. The van der Waals surface area contributed by atoms with Crippen molar-refractivity contribution >= 4 is 0 Å². The summed E-state index contributed by atoms with van der Waals surface area (Å²) in [5.41, 5.74) is 3.21. The van der Waals surface area contributed by atoms with Gasteiger partial charge in [-0.05, 0) is 11.6 Å². The first-order valence-corrected chi connectivity index (χ1v) is 6.35. The minimum Gasteiger partial charge on any atom is -0.496 e. The molecule has 2 aromatic rings. The number of ether oxygens (including phenoxy) is 3. The Morgan fingerprint density at radius 3 is 2.42 bits per heavy atom. The van der Waals surface area contributed by atoms with Crippen molar-refractivity contribution in [1.29, 1.82) is 0 Å². The van der Waals surface area contributed by atoms with Crippen LogP contribution in [0.1, 0.15) is 11.9 Å². The molecule has 1 saturated heterocycles. The molecule has 3 nitrogen and oxygen atoms in total. The second-order valence-corrected chi connectivity index (χ2v) is 4.40. The van der Waals surface area contributed by atoms with E-state index in [9.17, 15) is 0 Å². The van der Waals surface area contributed by atoms with Crippen molar-refractivity contribution in [2.24, 2.45) is 0 Å². The van der Waals surface area contributed by atoms with Crippen molar-refractivity contribution in [3.63, 3.8) is 0 Å². The molecular weight excluding hydrogens is 240 g/mol. The van der Waals surface area contributed by atoms with E-state index < -0.39 is 0 Å². The minimum atomic E-state index is -0.265. The van der Waals surface area contributed by atoms with Crippen LogP contribution in [0.15, 0.2) is 48.5 Å². The molecule has 1 aliphatic rings. The average molecular weight is 256 g/mol. The van der Waals surface area contributed by atoms with Crippen LogP contribution in [0.5, 0.6) is 5.75 Å². The van der Waals surface area contributed by atoms with Gasteiger partial charge >= 0.3 is 0 Å². The van der Waals surface area contributed by atoms with Crippen LogP contribution in [-0.4, -0.2) is 20.3 Å². The Balaban J connectivity index is 1.98. The predicted molar refractivity (Wildman–Crippen MR) is 73.1 cm³/mol. The Hall–Kier alpha value is -1.84. The maximum absolute atomic E-state index is 5.51. The molecule has 3 rings (SSSR count). The summed E-state index contributed by atoms with van der Waals surface area (Å²) in [6.45, 7) is 1.29. The fourth-order valence-electron chi connectivity index (χ4n) is 2.26. The van der Waals surface area contributed by atoms with Gasteiger partial charge in [-0.2, -0.15) is 0 Å². The molecule has 1 fully saturated rings. The van der Waals surface area contributed by atoms with Gasteiger partial charge in [0.2, 0.25) is 0 Å². The Labute approximate surface area is 112 Å². The maximum atomic E-state index is 5.51. The highest BCUT2D eigenvalue weighted by molar-refractivity contribution is 5.70. The van der Waals surface area contributed by atoms with Crippen molar-refractivity contribution in [2.75, 3.05) is 20.3 Å². The van der Waals surface area contributed by atoms with Gasteiger partial charge in [0, 0.05) is 11.1 Å². The van der Waals surface area contributed by atoms with Crippen LogP contribution in [-0.2, 0) is 9.47 Å². The van der Waals surface area contributed by atoms with E-state index in [1.54, 1.807) is 7.11 Å². The third kappa shape index (κ3) is 2.48. The minimum absolute atomic E-state index is 0.265. The van der Waals surface area contributed by atoms with Crippen LogP contribution in [0.25, 0.3) is 11.1 Å². The lowest BCUT2D eigenvalue weighted by Gasteiger charge is -2.14. The largest absolute Gasteiger partial charge is 0.496 e. The molecule has 0 radical (unpaired) electrons. The summed E-state index contributed by atoms with van der Waals surface area (Å²) in [6, 6.07) is 16.2. The summed E-state index contributed by atoms with van der Waals surface area (Å²) in [7, 11) is 1.68. The van der Waals surface area contributed by atoms with Gasteiger partial charge < -0.3 is 14.2 Å². The molecule has 0 N–H and O–H groups in total. The van der Waals surface area contributed by atoms with Crippen LogP contribution >= 0.6 is 0 Å². The SMILES string of the molecule is COc1cc(C2OCCO2)ccc1-c1ccccc1. The number of benzene rings is 2.